The molecule has 19 nitrogen and oxygen atoms in total. The topological polar surface area (TPSA) is 282 Å². The second-order valence-corrected chi connectivity index (χ2v) is 12.6. The smallest absolute Gasteiger partial charge is 0.326 e. The number of carbonyl (C=O) groups excluding carboxylic acids is 5. The fourth-order valence-corrected chi connectivity index (χ4v) is 5.02. The first-order valence-corrected chi connectivity index (χ1v) is 18.9. The number of aldehydes is 1. The number of hydrogen-bond acceptors (Lipinski definition) is 13. The lowest BCUT2D eigenvalue weighted by Gasteiger charge is -2.17. The van der Waals surface area contributed by atoms with Crippen molar-refractivity contribution in [1.29, 1.82) is 0 Å². The average molecular weight is 790 g/mol. The summed E-state index contributed by atoms with van der Waals surface area (Å²) >= 11 is 0. The average Bonchev–Trinajstić information content (AvgIpc) is 3.14. The maximum atomic E-state index is 12.4. The lowest BCUT2D eigenvalue weighted by molar-refractivity contribution is -0.143. The minimum absolute atomic E-state index is 0.0874. The summed E-state index contributed by atoms with van der Waals surface area (Å²) in [5, 5.41) is 37.8. The monoisotopic (exact) mass is 789 g/mol. The van der Waals surface area contributed by atoms with Crippen LogP contribution in [0.15, 0.2) is 0 Å². The number of nitrogens with one attached hydrogen (secondary N) is 4. The van der Waals surface area contributed by atoms with Crippen molar-refractivity contribution < 1.29 is 72.6 Å². The standard InChI is InChI=1S/C36H61N4O15/c41-19-22-54-24-23-52-21-18-38-33(27-42)55-26-25-53-20-17-37-30(43)15-13-28(35(48)49)40-32(45)16-14-29(36(50)51)39-31(44)11-9-7-5-3-1-2-4-6-8-10-12-34(46)47/h27-29,33,38H,1-18,20-26H2,(H,37,43)(H,39,44)(H,40,45)(H,46,47)(H,48,49)(H,50,51)/t28-,29-,33?/m0/s1. The van der Waals surface area contributed by atoms with Crippen molar-refractivity contribution in [1.82, 2.24) is 21.3 Å². The van der Waals surface area contributed by atoms with E-state index < -0.39 is 53.9 Å². The van der Waals surface area contributed by atoms with E-state index in [4.69, 9.17) is 24.1 Å². The fraction of sp³-hybridized carbons (Fsp3) is 0.778. The maximum absolute atomic E-state index is 12.4. The zero-order valence-electron chi connectivity index (χ0n) is 31.7. The molecule has 1 unspecified atom stereocenters. The van der Waals surface area contributed by atoms with Crippen molar-refractivity contribution >= 4 is 48.2 Å². The van der Waals surface area contributed by atoms with Crippen LogP contribution >= 0.6 is 0 Å². The molecule has 7 N–H and O–H groups in total. The summed E-state index contributed by atoms with van der Waals surface area (Å²) in [6.45, 7) is 1.48. The number of ether oxygens (including phenoxy) is 4. The highest BCUT2D eigenvalue weighted by Crippen LogP contribution is 2.12. The molecule has 0 aliphatic heterocycles. The van der Waals surface area contributed by atoms with Gasteiger partial charge in [-0.15, -0.1) is 0 Å². The van der Waals surface area contributed by atoms with E-state index >= 15 is 0 Å². The van der Waals surface area contributed by atoms with Crippen LogP contribution in [0.3, 0.4) is 0 Å². The van der Waals surface area contributed by atoms with E-state index in [1.54, 1.807) is 6.29 Å². The number of carbonyl (C=O) groups is 7. The largest absolute Gasteiger partial charge is 0.481 e. The van der Waals surface area contributed by atoms with Gasteiger partial charge in [-0.25, -0.2) is 9.59 Å². The Labute approximate surface area is 322 Å². The Kier molecular flexibility index (Phi) is 33.0. The zero-order valence-corrected chi connectivity index (χ0v) is 31.7. The van der Waals surface area contributed by atoms with E-state index in [-0.39, 0.29) is 91.3 Å². The number of carboxylic acid groups (broad SMARTS) is 3. The first-order valence-electron chi connectivity index (χ1n) is 18.9. The van der Waals surface area contributed by atoms with Crippen LogP contribution in [-0.2, 0) is 57.3 Å². The van der Waals surface area contributed by atoms with Gasteiger partial charge in [-0.3, -0.25) is 34.1 Å². The Hall–Kier alpha value is -4.04. The van der Waals surface area contributed by atoms with E-state index in [1.165, 1.54) is 0 Å². The second-order valence-electron chi connectivity index (χ2n) is 12.6. The lowest BCUT2D eigenvalue weighted by atomic mass is 10.0. The van der Waals surface area contributed by atoms with E-state index in [0.29, 0.717) is 25.7 Å². The van der Waals surface area contributed by atoms with Crippen molar-refractivity contribution in [2.75, 3.05) is 59.3 Å². The fourth-order valence-electron chi connectivity index (χ4n) is 5.02. The molecule has 0 aliphatic rings. The van der Waals surface area contributed by atoms with Gasteiger partial charge in [0.05, 0.1) is 39.6 Å². The van der Waals surface area contributed by atoms with Crippen LogP contribution in [0, 0.1) is 0 Å². The molecule has 0 spiro atoms. The molecule has 0 aromatic carbocycles. The van der Waals surface area contributed by atoms with Crippen LogP contribution in [0.2, 0.25) is 0 Å². The quantitative estimate of drug-likeness (QED) is 0.0257. The second kappa shape index (κ2) is 35.6. The Morgan fingerprint density at radius 3 is 1.56 bits per heavy atom. The number of unbranched alkanes of at least 4 members (excludes halogenated alkanes) is 9. The summed E-state index contributed by atoms with van der Waals surface area (Å²) in [7, 11) is 0. The molecule has 1 radical (unpaired) electrons. The number of rotatable bonds is 40. The molecule has 0 fully saturated rings. The van der Waals surface area contributed by atoms with Gasteiger partial charge in [-0.1, -0.05) is 51.4 Å². The molecule has 0 saturated heterocycles. The van der Waals surface area contributed by atoms with E-state index in [1.807, 2.05) is 0 Å². The van der Waals surface area contributed by atoms with Crippen LogP contribution < -0.4 is 21.3 Å². The summed E-state index contributed by atoms with van der Waals surface area (Å²) in [5.41, 5.74) is 0. The molecule has 55 heavy (non-hydrogen) atoms. The number of carboxylic acids is 3. The van der Waals surface area contributed by atoms with Crippen LogP contribution in [0.1, 0.15) is 103 Å². The van der Waals surface area contributed by atoms with Crippen LogP contribution in [0.5, 0.6) is 0 Å². The molecule has 19 heteroatoms. The van der Waals surface area contributed by atoms with Gasteiger partial charge in [0, 0.05) is 38.8 Å². The van der Waals surface area contributed by atoms with Crippen molar-refractivity contribution in [3.8, 4) is 0 Å². The molecule has 0 heterocycles. The zero-order chi connectivity index (χ0) is 40.9. The number of aliphatic carboxylic acids is 3. The van der Waals surface area contributed by atoms with Gasteiger partial charge >= 0.3 is 17.9 Å². The van der Waals surface area contributed by atoms with Crippen molar-refractivity contribution in [2.45, 2.75) is 121 Å². The van der Waals surface area contributed by atoms with E-state index in [9.17, 15) is 48.6 Å². The molecule has 0 bridgehead atoms. The summed E-state index contributed by atoms with van der Waals surface area (Å²) in [6, 6.07) is -2.71. The van der Waals surface area contributed by atoms with Crippen molar-refractivity contribution in [3.63, 3.8) is 0 Å². The minimum Gasteiger partial charge on any atom is -0.481 e. The summed E-state index contributed by atoms with van der Waals surface area (Å²) in [5.74, 6) is -5.11. The predicted molar refractivity (Wildman–Crippen MR) is 196 cm³/mol. The molecule has 0 rings (SSSR count). The Balaban J connectivity index is 4.12. The van der Waals surface area contributed by atoms with Gasteiger partial charge in [0.2, 0.25) is 24.0 Å². The van der Waals surface area contributed by atoms with Gasteiger partial charge in [0.1, 0.15) is 18.7 Å². The summed E-state index contributed by atoms with van der Waals surface area (Å²) in [6.07, 6.45) is 9.82. The highest BCUT2D eigenvalue weighted by molar-refractivity contribution is 5.86. The van der Waals surface area contributed by atoms with Gasteiger partial charge in [0.25, 0.3) is 0 Å². The Morgan fingerprint density at radius 1 is 0.564 bits per heavy atom. The lowest BCUT2D eigenvalue weighted by Crippen LogP contribution is -2.44. The summed E-state index contributed by atoms with van der Waals surface area (Å²) in [4.78, 5) is 91.9. The Bertz CT molecular complexity index is 1110. The highest BCUT2D eigenvalue weighted by atomic mass is 16.5. The molecule has 315 valence electrons. The molecular weight excluding hydrogens is 728 g/mol. The van der Waals surface area contributed by atoms with Gasteiger partial charge in [-0.05, 0) is 25.7 Å². The molecular formula is C36H61N4O15. The summed E-state index contributed by atoms with van der Waals surface area (Å²) < 4.78 is 20.8. The predicted octanol–water partition coefficient (Wildman–Crippen LogP) is 0.858. The van der Waals surface area contributed by atoms with Crippen LogP contribution in [0.25, 0.3) is 0 Å². The molecule has 3 atom stereocenters. The Morgan fingerprint density at radius 2 is 1.04 bits per heavy atom. The third-order valence-electron chi connectivity index (χ3n) is 7.97. The molecule has 0 saturated carbocycles. The third-order valence-corrected chi connectivity index (χ3v) is 7.97. The number of amides is 3. The normalized spacial score (nSPS) is 12.6. The highest BCUT2D eigenvalue weighted by Gasteiger charge is 2.24. The first-order chi connectivity index (χ1) is 26.5. The van der Waals surface area contributed by atoms with Gasteiger partial charge < -0.3 is 50.2 Å². The molecule has 0 aromatic rings. The van der Waals surface area contributed by atoms with Crippen LogP contribution in [-0.4, -0.2) is 141 Å². The van der Waals surface area contributed by atoms with Gasteiger partial charge in [-0.2, -0.15) is 0 Å². The molecule has 0 aliphatic carbocycles. The molecule has 3 amide bonds. The minimum atomic E-state index is -1.39. The SMILES string of the molecule is O=[C]COCCOCCNC(C=O)OCCOCCNC(=O)CC[C@H](NC(=O)CC[C@H](NC(=O)CCCCCCCCCCCCC(=O)O)C(=O)O)C(=O)O. The first kappa shape index (κ1) is 51.0. The molecule has 0 aromatic heterocycles. The van der Waals surface area contributed by atoms with E-state index in [0.717, 1.165) is 51.4 Å². The van der Waals surface area contributed by atoms with Crippen molar-refractivity contribution in [3.05, 3.63) is 0 Å². The van der Waals surface area contributed by atoms with Crippen LogP contribution in [0.4, 0.5) is 0 Å². The van der Waals surface area contributed by atoms with Crippen molar-refractivity contribution in [2.24, 2.45) is 0 Å². The van der Waals surface area contributed by atoms with Gasteiger partial charge in [0.15, 0.2) is 12.5 Å². The third kappa shape index (κ3) is 33.1. The van der Waals surface area contributed by atoms with E-state index in [2.05, 4.69) is 21.3 Å². The number of hydrogen-bond donors (Lipinski definition) is 7. The maximum Gasteiger partial charge on any atom is 0.326 e.